The summed E-state index contributed by atoms with van der Waals surface area (Å²) in [6, 6.07) is 0. The van der Waals surface area contributed by atoms with Crippen molar-refractivity contribution >= 4 is 5.97 Å². The molecule has 5 nitrogen and oxygen atoms in total. The van der Waals surface area contributed by atoms with Crippen LogP contribution in [-0.4, -0.2) is 42.8 Å². The number of carbonyl (C=O) groups excluding carboxylic acids is 1. The Morgan fingerprint density at radius 3 is 2.79 bits per heavy atom. The van der Waals surface area contributed by atoms with E-state index in [1.807, 2.05) is 0 Å². The second-order valence-corrected chi connectivity index (χ2v) is 3.71. The van der Waals surface area contributed by atoms with Gasteiger partial charge in [-0.05, 0) is 13.8 Å². The largest absolute Gasteiger partial charge is 0.469 e. The van der Waals surface area contributed by atoms with E-state index in [0.29, 0.717) is 6.61 Å². The van der Waals surface area contributed by atoms with Gasteiger partial charge in [-0.2, -0.15) is 0 Å². The molecule has 1 saturated heterocycles. The first-order chi connectivity index (χ1) is 6.44. The van der Waals surface area contributed by atoms with E-state index < -0.39 is 24.0 Å². The first-order valence-electron chi connectivity index (χ1n) is 4.51. The lowest BCUT2D eigenvalue weighted by atomic mass is 10.1. The summed E-state index contributed by atoms with van der Waals surface area (Å²) in [7, 11) is 1.28. The molecule has 1 rings (SSSR count). The summed E-state index contributed by atoms with van der Waals surface area (Å²) in [6.45, 7) is 3.82. The third-order valence-electron chi connectivity index (χ3n) is 2.06. The molecule has 1 fully saturated rings. The van der Waals surface area contributed by atoms with Crippen molar-refractivity contribution in [1.82, 2.24) is 0 Å². The van der Waals surface area contributed by atoms with Gasteiger partial charge in [-0.25, -0.2) is 0 Å². The maximum absolute atomic E-state index is 10.9. The quantitative estimate of drug-likeness (QED) is 0.659. The molecule has 14 heavy (non-hydrogen) atoms. The van der Waals surface area contributed by atoms with Crippen molar-refractivity contribution in [3.8, 4) is 0 Å². The molecule has 1 aliphatic rings. The Bertz CT molecular complexity index is 213. The molecule has 82 valence electrons. The van der Waals surface area contributed by atoms with Gasteiger partial charge in [0.25, 0.3) is 0 Å². The van der Waals surface area contributed by atoms with Crippen LogP contribution in [0.15, 0.2) is 0 Å². The zero-order valence-electron chi connectivity index (χ0n) is 8.65. The highest BCUT2D eigenvalue weighted by Crippen LogP contribution is 2.25. The Balaban J connectivity index is 2.39. The Kier molecular flexibility index (Phi) is 3.47. The summed E-state index contributed by atoms with van der Waals surface area (Å²) in [5, 5.41) is 9.58. The van der Waals surface area contributed by atoms with Crippen molar-refractivity contribution in [2.45, 2.75) is 38.3 Å². The second kappa shape index (κ2) is 4.25. The van der Waals surface area contributed by atoms with Crippen molar-refractivity contribution in [2.24, 2.45) is 0 Å². The molecule has 0 amide bonds. The number of hydrogen-bond donors (Lipinski definition) is 1. The van der Waals surface area contributed by atoms with Crippen LogP contribution < -0.4 is 0 Å². The van der Waals surface area contributed by atoms with Crippen LogP contribution in [-0.2, 0) is 19.0 Å². The summed E-state index contributed by atoms with van der Waals surface area (Å²) in [4.78, 5) is 10.9. The van der Waals surface area contributed by atoms with E-state index in [0.717, 1.165) is 0 Å². The molecule has 0 radical (unpaired) electrons. The topological polar surface area (TPSA) is 65.0 Å². The van der Waals surface area contributed by atoms with Crippen molar-refractivity contribution in [3.05, 3.63) is 0 Å². The highest BCUT2D eigenvalue weighted by atomic mass is 16.7. The van der Waals surface area contributed by atoms with Gasteiger partial charge in [-0.3, -0.25) is 4.79 Å². The second-order valence-electron chi connectivity index (χ2n) is 3.71. The van der Waals surface area contributed by atoms with Gasteiger partial charge in [-0.1, -0.05) is 0 Å². The summed E-state index contributed by atoms with van der Waals surface area (Å²) >= 11 is 0. The van der Waals surface area contributed by atoms with Gasteiger partial charge in [0, 0.05) is 0 Å². The number of esters is 1. The Morgan fingerprint density at radius 1 is 1.71 bits per heavy atom. The zero-order valence-corrected chi connectivity index (χ0v) is 8.65. The third-order valence-corrected chi connectivity index (χ3v) is 2.06. The smallest absolute Gasteiger partial charge is 0.308 e. The molecule has 1 aliphatic heterocycles. The Hall–Kier alpha value is -0.650. The summed E-state index contributed by atoms with van der Waals surface area (Å²) in [5.74, 6) is -1.13. The molecule has 0 aliphatic carbocycles. The van der Waals surface area contributed by atoms with E-state index in [1.165, 1.54) is 7.11 Å². The molecule has 0 aromatic heterocycles. The molecule has 0 aromatic rings. The van der Waals surface area contributed by atoms with E-state index in [-0.39, 0.29) is 6.42 Å². The minimum absolute atomic E-state index is 0.0688. The Morgan fingerprint density at radius 2 is 2.36 bits per heavy atom. The minimum Gasteiger partial charge on any atom is -0.469 e. The summed E-state index contributed by atoms with van der Waals surface area (Å²) < 4.78 is 15.1. The van der Waals surface area contributed by atoms with Crippen molar-refractivity contribution in [1.29, 1.82) is 0 Å². The summed E-state index contributed by atoms with van der Waals surface area (Å²) in [6.07, 6.45) is -1.39. The van der Waals surface area contributed by atoms with Crippen LogP contribution >= 0.6 is 0 Å². The van der Waals surface area contributed by atoms with Crippen LogP contribution in [0.1, 0.15) is 20.3 Å². The average molecular weight is 204 g/mol. The van der Waals surface area contributed by atoms with Crippen LogP contribution in [0.25, 0.3) is 0 Å². The molecule has 5 heteroatoms. The van der Waals surface area contributed by atoms with E-state index in [1.54, 1.807) is 13.8 Å². The van der Waals surface area contributed by atoms with Gasteiger partial charge in [0.2, 0.25) is 0 Å². The first-order valence-corrected chi connectivity index (χ1v) is 4.51. The van der Waals surface area contributed by atoms with Gasteiger partial charge in [0.15, 0.2) is 5.79 Å². The van der Waals surface area contributed by atoms with E-state index in [4.69, 9.17) is 9.47 Å². The molecule has 0 saturated carbocycles. The minimum atomic E-state index is -0.871. The highest BCUT2D eigenvalue weighted by molar-refractivity contribution is 5.69. The normalized spacial score (nSPS) is 27.3. The van der Waals surface area contributed by atoms with Gasteiger partial charge in [0.05, 0.1) is 26.2 Å². The Labute approximate surface area is 82.9 Å². The molecule has 2 unspecified atom stereocenters. The van der Waals surface area contributed by atoms with Gasteiger partial charge in [-0.15, -0.1) is 0 Å². The van der Waals surface area contributed by atoms with Crippen LogP contribution in [0.4, 0.5) is 0 Å². The van der Waals surface area contributed by atoms with Gasteiger partial charge >= 0.3 is 5.97 Å². The lowest BCUT2D eigenvalue weighted by Crippen LogP contribution is -2.32. The molecule has 1 heterocycles. The fourth-order valence-corrected chi connectivity index (χ4v) is 1.29. The lowest BCUT2D eigenvalue weighted by molar-refractivity contribution is -0.158. The number of aliphatic hydroxyl groups is 1. The van der Waals surface area contributed by atoms with Crippen molar-refractivity contribution in [2.75, 3.05) is 13.7 Å². The SMILES string of the molecule is COC(=O)CC(O)C1COC(C)(C)O1. The molecular weight excluding hydrogens is 188 g/mol. The van der Waals surface area contributed by atoms with Crippen LogP contribution in [0.2, 0.25) is 0 Å². The third kappa shape index (κ3) is 2.94. The predicted octanol–water partition coefficient (Wildman–Crippen LogP) is 0.0619. The summed E-state index contributed by atoms with van der Waals surface area (Å²) in [5.41, 5.74) is 0. The average Bonchev–Trinajstić information content (AvgIpc) is 2.46. The van der Waals surface area contributed by atoms with Crippen LogP contribution in [0.5, 0.6) is 0 Å². The lowest BCUT2D eigenvalue weighted by Gasteiger charge is -2.19. The molecule has 1 N–H and O–H groups in total. The van der Waals surface area contributed by atoms with Gasteiger partial charge < -0.3 is 19.3 Å². The highest BCUT2D eigenvalue weighted by Gasteiger charge is 2.37. The number of hydrogen-bond acceptors (Lipinski definition) is 5. The van der Waals surface area contributed by atoms with Crippen molar-refractivity contribution in [3.63, 3.8) is 0 Å². The van der Waals surface area contributed by atoms with E-state index in [9.17, 15) is 9.90 Å². The molecular formula is C9H16O5. The number of ether oxygens (including phenoxy) is 3. The molecule has 0 bridgehead atoms. The van der Waals surface area contributed by atoms with E-state index >= 15 is 0 Å². The molecule has 0 aromatic carbocycles. The zero-order chi connectivity index (χ0) is 10.8. The first kappa shape index (κ1) is 11.4. The fraction of sp³-hybridized carbons (Fsp3) is 0.889. The fourth-order valence-electron chi connectivity index (χ4n) is 1.29. The molecule has 0 spiro atoms. The molecule has 2 atom stereocenters. The van der Waals surface area contributed by atoms with Crippen LogP contribution in [0, 0.1) is 0 Å². The van der Waals surface area contributed by atoms with Gasteiger partial charge in [0.1, 0.15) is 6.10 Å². The van der Waals surface area contributed by atoms with Crippen molar-refractivity contribution < 1.29 is 24.1 Å². The maximum atomic E-state index is 10.9. The number of carbonyl (C=O) groups is 1. The van der Waals surface area contributed by atoms with E-state index in [2.05, 4.69) is 4.74 Å². The number of aliphatic hydroxyl groups excluding tert-OH is 1. The monoisotopic (exact) mass is 204 g/mol. The number of methoxy groups -OCH3 is 1. The van der Waals surface area contributed by atoms with Crippen LogP contribution in [0.3, 0.4) is 0 Å². The number of rotatable bonds is 3. The predicted molar refractivity (Wildman–Crippen MR) is 47.5 cm³/mol. The standard InChI is InChI=1S/C9H16O5/c1-9(2)13-5-7(14-9)6(10)4-8(11)12-3/h6-7,10H,4-5H2,1-3H3. The maximum Gasteiger partial charge on any atom is 0.308 e.